The molecular weight excluding hydrogens is 406 g/mol. The lowest BCUT2D eigenvalue weighted by Gasteiger charge is -2.13. The van der Waals surface area contributed by atoms with Gasteiger partial charge in [-0.3, -0.25) is 19.7 Å². The van der Waals surface area contributed by atoms with Crippen LogP contribution in [0.3, 0.4) is 0 Å². The van der Waals surface area contributed by atoms with Gasteiger partial charge >= 0.3 is 11.6 Å². The summed E-state index contributed by atoms with van der Waals surface area (Å²) < 4.78 is 15.6. The minimum atomic E-state index is -0.650. The average Bonchev–Trinajstić information content (AvgIpc) is 2.76. The number of fused-ring (bicyclic) bond motifs is 1. The highest BCUT2D eigenvalue weighted by molar-refractivity contribution is 5.98. The molecule has 0 saturated carbocycles. The molecule has 0 saturated heterocycles. The number of rotatable bonds is 7. The van der Waals surface area contributed by atoms with E-state index >= 15 is 0 Å². The lowest BCUT2D eigenvalue weighted by atomic mass is 10.0. The standard InChI is InChI=1S/C22H19NO8/c1-12-16-7-8-19(13(2)21(16)31-22(26)17(12)10-20(25)29-3)30-11-18(24)14-5-4-6-15(9-14)23(27)28/h4-9H,10-11H2,1-3H3. The number of non-ortho nitro benzene ring substituents is 1. The fourth-order valence-corrected chi connectivity index (χ4v) is 3.17. The number of nitro groups is 1. The molecule has 0 aliphatic carbocycles. The van der Waals surface area contributed by atoms with Crippen molar-refractivity contribution >= 4 is 28.4 Å². The number of carbonyl (C=O) groups is 2. The Hall–Kier alpha value is -4.01. The largest absolute Gasteiger partial charge is 0.485 e. The predicted octanol–water partition coefficient (Wildman–Crippen LogP) is 3.30. The number of esters is 1. The van der Waals surface area contributed by atoms with E-state index in [1.807, 2.05) is 0 Å². The summed E-state index contributed by atoms with van der Waals surface area (Å²) in [4.78, 5) is 46.6. The number of benzene rings is 2. The van der Waals surface area contributed by atoms with Gasteiger partial charge in [-0.25, -0.2) is 4.79 Å². The molecule has 9 heteroatoms. The van der Waals surface area contributed by atoms with E-state index in [2.05, 4.69) is 4.74 Å². The second-order valence-electron chi connectivity index (χ2n) is 6.83. The Morgan fingerprint density at radius 2 is 1.87 bits per heavy atom. The van der Waals surface area contributed by atoms with Crippen LogP contribution in [0.2, 0.25) is 0 Å². The maximum absolute atomic E-state index is 12.4. The van der Waals surface area contributed by atoms with Gasteiger partial charge in [-0.15, -0.1) is 0 Å². The van der Waals surface area contributed by atoms with Crippen LogP contribution >= 0.6 is 0 Å². The van der Waals surface area contributed by atoms with E-state index in [1.54, 1.807) is 26.0 Å². The second-order valence-corrected chi connectivity index (χ2v) is 6.83. The van der Waals surface area contributed by atoms with Crippen molar-refractivity contribution in [3.05, 3.63) is 79.2 Å². The van der Waals surface area contributed by atoms with Gasteiger partial charge in [0, 0.05) is 28.6 Å². The summed E-state index contributed by atoms with van der Waals surface area (Å²) in [6, 6.07) is 8.68. The number of ether oxygens (including phenoxy) is 2. The summed E-state index contributed by atoms with van der Waals surface area (Å²) in [6.45, 7) is 3.04. The Kier molecular flexibility index (Phi) is 6.15. The molecule has 2 aromatic carbocycles. The Bertz CT molecular complexity index is 1260. The third-order valence-electron chi connectivity index (χ3n) is 4.94. The molecule has 9 nitrogen and oxygen atoms in total. The van der Waals surface area contributed by atoms with Crippen molar-refractivity contribution in [2.75, 3.05) is 13.7 Å². The summed E-state index contributed by atoms with van der Waals surface area (Å²) in [5.41, 5.74) is 0.927. The van der Waals surface area contributed by atoms with Crippen molar-refractivity contribution in [1.82, 2.24) is 0 Å². The van der Waals surface area contributed by atoms with E-state index in [9.17, 15) is 24.5 Å². The summed E-state index contributed by atoms with van der Waals surface area (Å²) in [5, 5.41) is 11.5. The molecule has 0 unspecified atom stereocenters. The lowest BCUT2D eigenvalue weighted by Crippen LogP contribution is -2.16. The maximum atomic E-state index is 12.4. The highest BCUT2D eigenvalue weighted by atomic mass is 16.6. The number of nitrogens with zero attached hydrogens (tertiary/aromatic N) is 1. The van der Waals surface area contributed by atoms with Gasteiger partial charge in [-0.05, 0) is 31.5 Å². The molecule has 3 aromatic rings. The zero-order valence-electron chi connectivity index (χ0n) is 17.1. The molecule has 0 aliphatic heterocycles. The van der Waals surface area contributed by atoms with Gasteiger partial charge in [0.05, 0.1) is 24.0 Å². The van der Waals surface area contributed by atoms with Gasteiger partial charge in [0.15, 0.2) is 12.4 Å². The lowest BCUT2D eigenvalue weighted by molar-refractivity contribution is -0.384. The van der Waals surface area contributed by atoms with E-state index in [-0.39, 0.29) is 35.4 Å². The van der Waals surface area contributed by atoms with E-state index in [1.165, 1.54) is 31.4 Å². The van der Waals surface area contributed by atoms with Crippen molar-refractivity contribution in [3.8, 4) is 5.75 Å². The number of hydrogen-bond acceptors (Lipinski definition) is 8. The summed E-state index contributed by atoms with van der Waals surface area (Å²) in [7, 11) is 1.24. The van der Waals surface area contributed by atoms with E-state index in [0.717, 1.165) is 0 Å². The summed E-state index contributed by atoms with van der Waals surface area (Å²) >= 11 is 0. The van der Waals surface area contributed by atoms with Crippen molar-refractivity contribution < 1.29 is 28.4 Å². The minimum Gasteiger partial charge on any atom is -0.485 e. The number of nitro benzene ring substituents is 1. The predicted molar refractivity (Wildman–Crippen MR) is 111 cm³/mol. The van der Waals surface area contributed by atoms with Gasteiger partial charge in [-0.1, -0.05) is 12.1 Å². The topological polar surface area (TPSA) is 126 Å². The van der Waals surface area contributed by atoms with Gasteiger partial charge in [-0.2, -0.15) is 0 Å². The molecule has 0 N–H and O–H groups in total. The van der Waals surface area contributed by atoms with Crippen LogP contribution in [0.1, 0.15) is 27.0 Å². The van der Waals surface area contributed by atoms with Crippen LogP contribution in [-0.2, 0) is 16.0 Å². The van der Waals surface area contributed by atoms with E-state index < -0.39 is 22.3 Å². The first-order valence-electron chi connectivity index (χ1n) is 9.26. The van der Waals surface area contributed by atoms with Gasteiger partial charge in [0.2, 0.25) is 0 Å². The quantitative estimate of drug-likeness (QED) is 0.186. The molecule has 31 heavy (non-hydrogen) atoms. The second kappa shape index (κ2) is 8.78. The minimum absolute atomic E-state index is 0.155. The first-order chi connectivity index (χ1) is 14.7. The molecular formula is C22H19NO8. The van der Waals surface area contributed by atoms with Crippen LogP contribution in [0.5, 0.6) is 5.75 Å². The first kappa shape index (κ1) is 21.7. The van der Waals surface area contributed by atoms with Crippen LogP contribution in [0.15, 0.2) is 45.6 Å². The fraction of sp³-hybridized carbons (Fsp3) is 0.227. The average molecular weight is 425 g/mol. The van der Waals surface area contributed by atoms with Crippen molar-refractivity contribution in [2.45, 2.75) is 20.3 Å². The van der Waals surface area contributed by atoms with Crippen molar-refractivity contribution in [3.63, 3.8) is 0 Å². The van der Waals surface area contributed by atoms with Crippen molar-refractivity contribution in [1.29, 1.82) is 0 Å². The third kappa shape index (κ3) is 4.45. The number of methoxy groups -OCH3 is 1. The van der Waals surface area contributed by atoms with Gasteiger partial charge in [0.1, 0.15) is 11.3 Å². The van der Waals surface area contributed by atoms with Crippen LogP contribution in [0.4, 0.5) is 5.69 Å². The number of aryl methyl sites for hydroxylation is 2. The van der Waals surface area contributed by atoms with Gasteiger partial charge < -0.3 is 13.9 Å². The van der Waals surface area contributed by atoms with Crippen LogP contribution in [-0.4, -0.2) is 30.4 Å². The molecule has 1 aromatic heterocycles. The Balaban J connectivity index is 1.88. The molecule has 0 bridgehead atoms. The van der Waals surface area contributed by atoms with Crippen LogP contribution in [0, 0.1) is 24.0 Å². The smallest absolute Gasteiger partial charge is 0.340 e. The van der Waals surface area contributed by atoms with Crippen LogP contribution in [0.25, 0.3) is 11.0 Å². The van der Waals surface area contributed by atoms with Crippen LogP contribution < -0.4 is 10.4 Å². The molecule has 0 amide bonds. The van der Waals surface area contributed by atoms with Crippen molar-refractivity contribution in [2.24, 2.45) is 0 Å². The summed E-state index contributed by atoms with van der Waals surface area (Å²) in [5.74, 6) is -0.658. The zero-order valence-corrected chi connectivity index (χ0v) is 17.1. The summed E-state index contributed by atoms with van der Waals surface area (Å²) in [6.07, 6.45) is -0.199. The Labute approximate surface area is 176 Å². The number of ketones is 1. The molecule has 160 valence electrons. The Morgan fingerprint density at radius 3 is 2.55 bits per heavy atom. The molecule has 0 aliphatic rings. The first-order valence-corrected chi connectivity index (χ1v) is 9.26. The third-order valence-corrected chi connectivity index (χ3v) is 4.94. The number of Topliss-reactive ketones (excluding diaryl/α,β-unsaturated/α-hetero) is 1. The van der Waals surface area contributed by atoms with E-state index in [4.69, 9.17) is 9.15 Å². The normalized spacial score (nSPS) is 10.7. The molecule has 1 heterocycles. The monoisotopic (exact) mass is 425 g/mol. The highest BCUT2D eigenvalue weighted by Gasteiger charge is 2.18. The SMILES string of the molecule is COC(=O)Cc1c(C)c2ccc(OCC(=O)c3cccc([N+](=O)[O-])c3)c(C)c2oc1=O. The number of carbonyl (C=O) groups excluding carboxylic acids is 2. The molecule has 0 radical (unpaired) electrons. The zero-order chi connectivity index (χ0) is 22.7. The van der Waals surface area contributed by atoms with Gasteiger partial charge in [0.25, 0.3) is 5.69 Å². The molecule has 0 fully saturated rings. The number of hydrogen-bond donors (Lipinski definition) is 0. The molecule has 3 rings (SSSR count). The Morgan fingerprint density at radius 1 is 1.13 bits per heavy atom. The molecule has 0 atom stereocenters. The molecule has 0 spiro atoms. The highest BCUT2D eigenvalue weighted by Crippen LogP contribution is 2.29. The van der Waals surface area contributed by atoms with E-state index in [0.29, 0.717) is 22.3 Å². The fourth-order valence-electron chi connectivity index (χ4n) is 3.17. The maximum Gasteiger partial charge on any atom is 0.340 e.